The van der Waals surface area contributed by atoms with Gasteiger partial charge >= 0.3 is 0 Å². The minimum Gasteiger partial charge on any atom is -0.386 e. The van der Waals surface area contributed by atoms with E-state index in [1.807, 2.05) is 48.5 Å². The number of nitrogens with one attached hydrogen (secondary N) is 1. The molecule has 0 heterocycles. The molecule has 1 unspecified atom stereocenters. The van der Waals surface area contributed by atoms with Crippen LogP contribution in [0.15, 0.2) is 48.5 Å². The maximum atomic E-state index is 10.9. The molecule has 1 fully saturated rings. The normalized spacial score (nSPS) is 22.6. The highest BCUT2D eigenvalue weighted by atomic mass is 35.5. The SMILES string of the molecule is C[C@@H]1CC1CN[C@H](c1ccc(Cl)cc1)[C@@H](O)c1cccc(Cl)c1. The van der Waals surface area contributed by atoms with Crippen molar-refractivity contribution in [1.82, 2.24) is 5.32 Å². The van der Waals surface area contributed by atoms with Crippen LogP contribution in [0.3, 0.4) is 0 Å². The molecule has 0 bridgehead atoms. The number of halogens is 2. The molecule has 2 nitrogen and oxygen atoms in total. The highest BCUT2D eigenvalue weighted by Crippen LogP contribution is 2.38. The van der Waals surface area contributed by atoms with Crippen molar-refractivity contribution >= 4 is 23.2 Å². The van der Waals surface area contributed by atoms with Gasteiger partial charge in [-0.2, -0.15) is 0 Å². The van der Waals surface area contributed by atoms with Crippen LogP contribution >= 0.6 is 23.2 Å². The third kappa shape index (κ3) is 4.27. The smallest absolute Gasteiger partial charge is 0.0985 e. The van der Waals surface area contributed by atoms with E-state index in [1.165, 1.54) is 6.42 Å². The fourth-order valence-electron chi connectivity index (χ4n) is 2.93. The molecule has 0 saturated heterocycles. The number of rotatable bonds is 6. The van der Waals surface area contributed by atoms with Crippen molar-refractivity contribution in [2.45, 2.75) is 25.5 Å². The van der Waals surface area contributed by atoms with E-state index in [4.69, 9.17) is 23.2 Å². The molecule has 2 aromatic rings. The fourth-order valence-corrected chi connectivity index (χ4v) is 3.25. The summed E-state index contributed by atoms with van der Waals surface area (Å²) in [6.07, 6.45) is 0.595. The summed E-state index contributed by atoms with van der Waals surface area (Å²) in [5.41, 5.74) is 1.84. The van der Waals surface area contributed by atoms with E-state index in [9.17, 15) is 5.11 Å². The van der Waals surface area contributed by atoms with Crippen molar-refractivity contribution in [3.8, 4) is 0 Å². The van der Waals surface area contributed by atoms with Crippen LogP contribution in [-0.4, -0.2) is 11.7 Å². The third-order valence-electron chi connectivity index (χ3n) is 4.61. The number of aliphatic hydroxyl groups excluding tert-OH is 1. The van der Waals surface area contributed by atoms with Gasteiger partial charge in [0.15, 0.2) is 0 Å². The molecule has 1 aliphatic carbocycles. The lowest BCUT2D eigenvalue weighted by molar-refractivity contribution is 0.127. The van der Waals surface area contributed by atoms with E-state index in [0.717, 1.165) is 23.6 Å². The molecular formula is C19H21Cl2NO. The van der Waals surface area contributed by atoms with E-state index >= 15 is 0 Å². The molecule has 0 aliphatic heterocycles. The Kier molecular flexibility index (Phi) is 5.27. The Balaban J connectivity index is 1.82. The fraction of sp³-hybridized carbons (Fsp3) is 0.368. The molecule has 0 spiro atoms. The average Bonchev–Trinajstić information content (AvgIpc) is 3.24. The van der Waals surface area contributed by atoms with Crippen molar-refractivity contribution in [2.24, 2.45) is 11.8 Å². The third-order valence-corrected chi connectivity index (χ3v) is 5.10. The first-order chi connectivity index (χ1) is 11.0. The summed E-state index contributed by atoms with van der Waals surface area (Å²) >= 11 is 12.1. The molecule has 2 aromatic carbocycles. The zero-order valence-corrected chi connectivity index (χ0v) is 14.6. The highest BCUT2D eigenvalue weighted by Gasteiger charge is 2.33. The van der Waals surface area contributed by atoms with Gasteiger partial charge in [-0.3, -0.25) is 0 Å². The van der Waals surface area contributed by atoms with Gasteiger partial charge < -0.3 is 10.4 Å². The second-order valence-electron chi connectivity index (χ2n) is 6.41. The van der Waals surface area contributed by atoms with Gasteiger partial charge in [-0.05, 0) is 60.2 Å². The molecule has 2 N–H and O–H groups in total. The summed E-state index contributed by atoms with van der Waals surface area (Å²) in [4.78, 5) is 0. The summed E-state index contributed by atoms with van der Waals surface area (Å²) in [6, 6.07) is 14.9. The monoisotopic (exact) mass is 349 g/mol. The summed E-state index contributed by atoms with van der Waals surface area (Å²) in [6.45, 7) is 3.17. The molecule has 4 heteroatoms. The van der Waals surface area contributed by atoms with Gasteiger partial charge in [0, 0.05) is 10.0 Å². The Morgan fingerprint density at radius 3 is 2.39 bits per heavy atom. The maximum Gasteiger partial charge on any atom is 0.0985 e. The van der Waals surface area contributed by atoms with Gasteiger partial charge in [0.2, 0.25) is 0 Å². The van der Waals surface area contributed by atoms with E-state index in [0.29, 0.717) is 16.0 Å². The molecule has 0 radical (unpaired) electrons. The number of hydrogen-bond acceptors (Lipinski definition) is 2. The summed E-state index contributed by atoms with van der Waals surface area (Å²) < 4.78 is 0. The molecule has 4 atom stereocenters. The van der Waals surface area contributed by atoms with Crippen LogP contribution in [0.5, 0.6) is 0 Å². The van der Waals surface area contributed by atoms with Crippen LogP contribution in [0.4, 0.5) is 0 Å². The highest BCUT2D eigenvalue weighted by molar-refractivity contribution is 6.30. The standard InChI is InChI=1S/C19H21Cl2NO/c1-12-9-15(12)11-22-18(13-5-7-16(20)8-6-13)19(23)14-3-2-4-17(21)10-14/h2-8,10,12,15,18-19,22-23H,9,11H2,1H3/t12-,15?,18-,19+/m1/s1. The molecule has 23 heavy (non-hydrogen) atoms. The topological polar surface area (TPSA) is 32.3 Å². The van der Waals surface area contributed by atoms with Gasteiger partial charge in [-0.15, -0.1) is 0 Å². The van der Waals surface area contributed by atoms with Crippen LogP contribution in [-0.2, 0) is 0 Å². The van der Waals surface area contributed by atoms with Crippen molar-refractivity contribution in [3.05, 3.63) is 69.7 Å². The Morgan fingerprint density at radius 1 is 1.09 bits per heavy atom. The second kappa shape index (κ2) is 7.23. The van der Waals surface area contributed by atoms with Crippen LogP contribution in [0.2, 0.25) is 10.0 Å². The molecule has 0 aromatic heterocycles. The van der Waals surface area contributed by atoms with Crippen LogP contribution in [0.25, 0.3) is 0 Å². The number of aliphatic hydroxyl groups is 1. The van der Waals surface area contributed by atoms with Crippen LogP contribution in [0, 0.1) is 11.8 Å². The zero-order valence-electron chi connectivity index (χ0n) is 13.0. The summed E-state index contributed by atoms with van der Waals surface area (Å²) in [5.74, 6) is 1.48. The van der Waals surface area contributed by atoms with E-state index < -0.39 is 6.10 Å². The van der Waals surface area contributed by atoms with E-state index in [-0.39, 0.29) is 6.04 Å². The van der Waals surface area contributed by atoms with Gasteiger partial charge in [0.25, 0.3) is 0 Å². The van der Waals surface area contributed by atoms with E-state index in [1.54, 1.807) is 0 Å². The van der Waals surface area contributed by atoms with Gasteiger partial charge in [-0.25, -0.2) is 0 Å². The van der Waals surface area contributed by atoms with Crippen molar-refractivity contribution < 1.29 is 5.11 Å². The van der Waals surface area contributed by atoms with Gasteiger partial charge in [-0.1, -0.05) is 54.4 Å². The van der Waals surface area contributed by atoms with E-state index in [2.05, 4.69) is 12.2 Å². The first-order valence-corrected chi connectivity index (χ1v) is 8.72. The summed E-state index contributed by atoms with van der Waals surface area (Å²) in [7, 11) is 0. The Hall–Kier alpha value is -1.06. The predicted octanol–water partition coefficient (Wildman–Crippen LogP) is 5.01. The van der Waals surface area contributed by atoms with Crippen LogP contribution in [0.1, 0.15) is 36.6 Å². The van der Waals surface area contributed by atoms with Gasteiger partial charge in [0.05, 0.1) is 12.1 Å². The quantitative estimate of drug-likeness (QED) is 0.767. The Morgan fingerprint density at radius 2 is 1.78 bits per heavy atom. The zero-order chi connectivity index (χ0) is 16.4. The van der Waals surface area contributed by atoms with Crippen molar-refractivity contribution in [3.63, 3.8) is 0 Å². The Labute approximate surface area is 147 Å². The van der Waals surface area contributed by atoms with Crippen LogP contribution < -0.4 is 5.32 Å². The van der Waals surface area contributed by atoms with Crippen molar-refractivity contribution in [1.29, 1.82) is 0 Å². The van der Waals surface area contributed by atoms with Crippen molar-refractivity contribution in [2.75, 3.05) is 6.54 Å². The lowest BCUT2D eigenvalue weighted by atomic mass is 9.95. The number of hydrogen-bond donors (Lipinski definition) is 2. The average molecular weight is 350 g/mol. The molecule has 1 aliphatic rings. The number of benzene rings is 2. The second-order valence-corrected chi connectivity index (χ2v) is 7.28. The minimum atomic E-state index is -0.663. The molecule has 0 amide bonds. The lowest BCUT2D eigenvalue weighted by Gasteiger charge is -2.25. The minimum absolute atomic E-state index is 0.182. The summed E-state index contributed by atoms with van der Waals surface area (Å²) in [5, 5.41) is 15.7. The molecule has 1 saturated carbocycles. The largest absolute Gasteiger partial charge is 0.386 e. The first-order valence-electron chi connectivity index (χ1n) is 7.97. The molecular weight excluding hydrogens is 329 g/mol. The predicted molar refractivity (Wildman–Crippen MR) is 95.9 cm³/mol. The molecule has 3 rings (SSSR count). The molecule has 122 valence electrons. The lowest BCUT2D eigenvalue weighted by Crippen LogP contribution is -2.29. The van der Waals surface area contributed by atoms with Gasteiger partial charge in [0.1, 0.15) is 0 Å². The first kappa shape index (κ1) is 16.8. The maximum absolute atomic E-state index is 10.9. The Bertz CT molecular complexity index is 659.